The van der Waals surface area contributed by atoms with Crippen LogP contribution in [0.25, 0.3) is 0 Å². The van der Waals surface area contributed by atoms with E-state index in [1.54, 1.807) is 12.1 Å². The second-order valence-corrected chi connectivity index (χ2v) is 4.84. The Bertz CT molecular complexity index is 498. The van der Waals surface area contributed by atoms with Crippen LogP contribution in [-0.2, 0) is 4.79 Å². The van der Waals surface area contributed by atoms with Gasteiger partial charge >= 0.3 is 6.18 Å². The standard InChI is InChI=1S/C14H13F3O2/c1-8(13(19)14(15,16)17)12(18)11-6-4-10(5-7-11)9-2-3-9/h4-9H,2-3H2,1H3. The van der Waals surface area contributed by atoms with Crippen molar-refractivity contribution in [3.05, 3.63) is 35.4 Å². The molecule has 2 rings (SSSR count). The first kappa shape index (κ1) is 13.8. The highest BCUT2D eigenvalue weighted by molar-refractivity contribution is 6.11. The second kappa shape index (κ2) is 4.79. The molecule has 0 aromatic heterocycles. The van der Waals surface area contributed by atoms with E-state index in [0.717, 1.165) is 25.3 Å². The minimum Gasteiger partial charge on any atom is -0.293 e. The molecular formula is C14H13F3O2. The molecule has 1 atom stereocenters. The second-order valence-electron chi connectivity index (χ2n) is 4.84. The van der Waals surface area contributed by atoms with E-state index in [9.17, 15) is 22.8 Å². The number of Topliss-reactive ketones (excluding diaryl/α,β-unsaturated/α-hetero) is 2. The van der Waals surface area contributed by atoms with Crippen molar-refractivity contribution in [3.8, 4) is 0 Å². The normalized spacial score (nSPS) is 17.1. The number of hydrogen-bond donors (Lipinski definition) is 0. The number of alkyl halides is 3. The lowest BCUT2D eigenvalue weighted by molar-refractivity contribution is -0.173. The van der Waals surface area contributed by atoms with Gasteiger partial charge in [0.2, 0.25) is 5.78 Å². The van der Waals surface area contributed by atoms with Crippen LogP contribution in [0, 0.1) is 5.92 Å². The molecule has 0 N–H and O–H groups in total. The van der Waals surface area contributed by atoms with Crippen molar-refractivity contribution in [2.45, 2.75) is 31.9 Å². The maximum Gasteiger partial charge on any atom is 0.450 e. The summed E-state index contributed by atoms with van der Waals surface area (Å²) >= 11 is 0. The van der Waals surface area contributed by atoms with Crippen molar-refractivity contribution in [1.82, 2.24) is 0 Å². The summed E-state index contributed by atoms with van der Waals surface area (Å²) in [4.78, 5) is 22.8. The number of carbonyl (C=O) groups is 2. The number of halogens is 3. The molecule has 0 heterocycles. The molecule has 1 fully saturated rings. The van der Waals surface area contributed by atoms with Crippen molar-refractivity contribution in [2.24, 2.45) is 5.92 Å². The third-order valence-corrected chi connectivity index (χ3v) is 3.31. The number of ketones is 2. The van der Waals surface area contributed by atoms with Gasteiger partial charge in [0, 0.05) is 5.56 Å². The van der Waals surface area contributed by atoms with Crippen LogP contribution in [0.15, 0.2) is 24.3 Å². The Morgan fingerprint density at radius 3 is 2.11 bits per heavy atom. The topological polar surface area (TPSA) is 34.1 Å². The van der Waals surface area contributed by atoms with Gasteiger partial charge in [0.1, 0.15) is 0 Å². The highest BCUT2D eigenvalue weighted by Crippen LogP contribution is 2.40. The van der Waals surface area contributed by atoms with Crippen molar-refractivity contribution in [2.75, 3.05) is 0 Å². The molecule has 0 spiro atoms. The van der Waals surface area contributed by atoms with Gasteiger partial charge in [0.15, 0.2) is 5.78 Å². The maximum absolute atomic E-state index is 12.3. The van der Waals surface area contributed by atoms with E-state index in [4.69, 9.17) is 0 Å². The van der Waals surface area contributed by atoms with Gasteiger partial charge in [-0.15, -0.1) is 0 Å². The monoisotopic (exact) mass is 270 g/mol. The van der Waals surface area contributed by atoms with Crippen LogP contribution >= 0.6 is 0 Å². The Balaban J connectivity index is 2.12. The molecule has 1 aliphatic rings. The maximum atomic E-state index is 12.3. The summed E-state index contributed by atoms with van der Waals surface area (Å²) in [6.07, 6.45) is -2.75. The van der Waals surface area contributed by atoms with E-state index in [-0.39, 0.29) is 5.56 Å². The molecule has 5 heteroatoms. The van der Waals surface area contributed by atoms with Crippen molar-refractivity contribution >= 4 is 11.6 Å². The summed E-state index contributed by atoms with van der Waals surface area (Å²) in [5, 5.41) is 0. The SMILES string of the molecule is CC(C(=O)c1ccc(C2CC2)cc1)C(=O)C(F)(F)F. The van der Waals surface area contributed by atoms with Crippen LogP contribution in [-0.4, -0.2) is 17.7 Å². The van der Waals surface area contributed by atoms with Crippen LogP contribution in [0.2, 0.25) is 0 Å². The van der Waals surface area contributed by atoms with E-state index < -0.39 is 23.7 Å². The fourth-order valence-electron chi connectivity index (χ4n) is 1.95. The van der Waals surface area contributed by atoms with Crippen LogP contribution < -0.4 is 0 Å². The number of carbonyl (C=O) groups excluding carboxylic acids is 2. The Labute approximate surface area is 108 Å². The Hall–Kier alpha value is -1.65. The molecule has 0 radical (unpaired) electrons. The van der Waals surface area contributed by atoms with Gasteiger partial charge in [-0.1, -0.05) is 24.3 Å². The molecule has 0 aliphatic heterocycles. The molecule has 19 heavy (non-hydrogen) atoms. The van der Waals surface area contributed by atoms with Gasteiger partial charge in [-0.25, -0.2) is 0 Å². The summed E-state index contributed by atoms with van der Waals surface area (Å²) in [7, 11) is 0. The quantitative estimate of drug-likeness (QED) is 0.619. The van der Waals surface area contributed by atoms with Gasteiger partial charge in [-0.3, -0.25) is 9.59 Å². The van der Waals surface area contributed by atoms with Crippen LogP contribution in [0.3, 0.4) is 0 Å². The summed E-state index contributed by atoms with van der Waals surface area (Å²) in [5.41, 5.74) is 1.24. The summed E-state index contributed by atoms with van der Waals surface area (Å²) < 4.78 is 36.8. The van der Waals surface area contributed by atoms with Crippen molar-refractivity contribution in [3.63, 3.8) is 0 Å². The predicted molar refractivity (Wildman–Crippen MR) is 63.0 cm³/mol. The minimum atomic E-state index is -4.97. The molecule has 2 nitrogen and oxygen atoms in total. The number of rotatable bonds is 4. The molecule has 0 amide bonds. The molecule has 0 saturated heterocycles. The van der Waals surface area contributed by atoms with E-state index >= 15 is 0 Å². The first-order valence-corrected chi connectivity index (χ1v) is 6.06. The van der Waals surface area contributed by atoms with Gasteiger partial charge in [0.05, 0.1) is 5.92 Å². The van der Waals surface area contributed by atoms with Gasteiger partial charge < -0.3 is 0 Å². The fourth-order valence-corrected chi connectivity index (χ4v) is 1.95. The third-order valence-electron chi connectivity index (χ3n) is 3.31. The summed E-state index contributed by atoms with van der Waals surface area (Å²) in [6.45, 7) is 0.993. The zero-order valence-electron chi connectivity index (χ0n) is 10.3. The third kappa shape index (κ3) is 3.03. The lowest BCUT2D eigenvalue weighted by atomic mass is 9.94. The molecule has 102 valence electrons. The number of benzene rings is 1. The van der Waals surface area contributed by atoms with E-state index in [0.29, 0.717) is 5.92 Å². The lowest BCUT2D eigenvalue weighted by Crippen LogP contribution is -2.33. The molecule has 1 unspecified atom stereocenters. The molecule has 1 aliphatic carbocycles. The van der Waals surface area contributed by atoms with E-state index in [1.165, 1.54) is 12.1 Å². The van der Waals surface area contributed by atoms with Crippen molar-refractivity contribution in [1.29, 1.82) is 0 Å². The fraction of sp³-hybridized carbons (Fsp3) is 0.429. The van der Waals surface area contributed by atoms with E-state index in [2.05, 4.69) is 0 Å². The van der Waals surface area contributed by atoms with Crippen LogP contribution in [0.1, 0.15) is 41.6 Å². The van der Waals surface area contributed by atoms with E-state index in [1.807, 2.05) is 0 Å². The zero-order valence-corrected chi connectivity index (χ0v) is 10.3. The highest BCUT2D eigenvalue weighted by Gasteiger charge is 2.44. The number of hydrogen-bond acceptors (Lipinski definition) is 2. The van der Waals surface area contributed by atoms with Gasteiger partial charge in [-0.05, 0) is 31.2 Å². The van der Waals surface area contributed by atoms with Crippen LogP contribution in [0.4, 0.5) is 13.2 Å². The zero-order chi connectivity index (χ0) is 14.2. The Morgan fingerprint density at radius 2 is 1.68 bits per heavy atom. The first-order valence-electron chi connectivity index (χ1n) is 6.06. The average Bonchev–Trinajstić information content (AvgIpc) is 3.19. The molecular weight excluding hydrogens is 257 g/mol. The average molecular weight is 270 g/mol. The smallest absolute Gasteiger partial charge is 0.293 e. The van der Waals surface area contributed by atoms with Gasteiger partial charge in [0.25, 0.3) is 0 Å². The van der Waals surface area contributed by atoms with Crippen molar-refractivity contribution < 1.29 is 22.8 Å². The minimum absolute atomic E-state index is 0.148. The summed E-state index contributed by atoms with van der Waals surface area (Å²) in [5.74, 6) is -3.96. The van der Waals surface area contributed by atoms with Crippen LogP contribution in [0.5, 0.6) is 0 Å². The largest absolute Gasteiger partial charge is 0.450 e. The molecule has 0 bridgehead atoms. The molecule has 1 saturated carbocycles. The first-order chi connectivity index (χ1) is 8.80. The Kier molecular flexibility index (Phi) is 3.47. The Morgan fingerprint density at radius 1 is 1.16 bits per heavy atom. The lowest BCUT2D eigenvalue weighted by Gasteiger charge is -2.12. The van der Waals surface area contributed by atoms with Gasteiger partial charge in [-0.2, -0.15) is 13.2 Å². The molecule has 1 aromatic rings. The summed E-state index contributed by atoms with van der Waals surface area (Å²) in [6, 6.07) is 6.48. The predicted octanol–water partition coefficient (Wildman–Crippen LogP) is 3.51. The molecule has 1 aromatic carbocycles. The highest BCUT2D eigenvalue weighted by atomic mass is 19.4.